The molecule has 2 atom stereocenters. The van der Waals surface area contributed by atoms with Crippen LogP contribution in [-0.2, 0) is 35.1 Å². The summed E-state index contributed by atoms with van der Waals surface area (Å²) in [4.78, 5) is 65.5. The van der Waals surface area contributed by atoms with E-state index in [2.05, 4.69) is 15.3 Å². The number of nitrogens with one attached hydrogen (secondary N) is 1. The van der Waals surface area contributed by atoms with Crippen LogP contribution < -0.4 is 5.32 Å². The first-order valence-corrected chi connectivity index (χ1v) is 15.4. The van der Waals surface area contributed by atoms with Gasteiger partial charge in [-0.1, -0.05) is 35.9 Å². The summed E-state index contributed by atoms with van der Waals surface area (Å²) in [5.74, 6) is -3.28. The number of ketones is 2. The summed E-state index contributed by atoms with van der Waals surface area (Å²) < 4.78 is 19.7. The Morgan fingerprint density at radius 3 is 2.04 bits per heavy atom. The largest absolute Gasteiger partial charge is 0.481 e. The van der Waals surface area contributed by atoms with Gasteiger partial charge >= 0.3 is 11.9 Å². The molecule has 3 N–H and O–H groups in total. The quantitative estimate of drug-likeness (QED) is 0.257. The summed E-state index contributed by atoms with van der Waals surface area (Å²) in [5.41, 5.74) is 1.56. The maximum absolute atomic E-state index is 14.3. The number of hydrogen-bond donors (Lipinski definition) is 3. The molecule has 2 heterocycles. The number of rotatable bonds is 14. The lowest BCUT2D eigenvalue weighted by Gasteiger charge is -2.30. The summed E-state index contributed by atoms with van der Waals surface area (Å²) in [7, 11) is 0. The Morgan fingerprint density at radius 2 is 1.54 bits per heavy atom. The number of carbonyl (C=O) groups is 5. The van der Waals surface area contributed by atoms with E-state index in [0.717, 1.165) is 5.56 Å². The fraction of sp³-hybridized carbons (Fsp3) is 0.343. The molecule has 2 aliphatic heterocycles. The highest BCUT2D eigenvalue weighted by Gasteiger charge is 2.37. The first-order chi connectivity index (χ1) is 22.6. The number of Topliss-reactive ketones (excluding diaryl/α,β-unsaturated/α-hetero) is 2. The molecule has 254 valence electrons. The molecule has 0 saturated heterocycles. The first kappa shape index (κ1) is 37.6. The van der Waals surface area contributed by atoms with Gasteiger partial charge in [-0.15, -0.1) is 0 Å². The lowest BCUT2D eigenvalue weighted by atomic mass is 9.82. The van der Waals surface area contributed by atoms with Crippen LogP contribution in [-0.4, -0.2) is 83.4 Å². The minimum absolute atomic E-state index is 0.0203. The zero-order chi connectivity index (χ0) is 35.6. The molecule has 13 heteroatoms. The second-order valence-corrected chi connectivity index (χ2v) is 12.0. The van der Waals surface area contributed by atoms with Crippen molar-refractivity contribution in [1.29, 1.82) is 0 Å². The topological polar surface area (TPSA) is 172 Å². The van der Waals surface area contributed by atoms with Crippen molar-refractivity contribution in [3.8, 4) is 11.1 Å². The van der Waals surface area contributed by atoms with Crippen molar-refractivity contribution in [3.05, 3.63) is 82.2 Å². The van der Waals surface area contributed by atoms with E-state index in [4.69, 9.17) is 21.4 Å². The van der Waals surface area contributed by atoms with Gasteiger partial charge in [-0.25, -0.2) is 9.18 Å². The lowest BCUT2D eigenvalue weighted by Crippen LogP contribution is -2.46. The molecule has 0 saturated carbocycles. The average Bonchev–Trinajstić information content (AvgIpc) is 3.74. The van der Waals surface area contributed by atoms with Gasteiger partial charge in [0.25, 0.3) is 5.91 Å². The van der Waals surface area contributed by atoms with Crippen LogP contribution in [0.4, 0.5) is 4.39 Å². The maximum atomic E-state index is 14.3. The Labute approximate surface area is 282 Å². The number of hydrogen-bond acceptors (Lipinski definition) is 8. The molecule has 48 heavy (non-hydrogen) atoms. The van der Waals surface area contributed by atoms with E-state index >= 15 is 0 Å². The third-order valence-electron chi connectivity index (χ3n) is 7.67. The second-order valence-electron chi connectivity index (χ2n) is 11.6. The van der Waals surface area contributed by atoms with Crippen molar-refractivity contribution in [3.63, 3.8) is 0 Å². The van der Waals surface area contributed by atoms with Crippen LogP contribution >= 0.6 is 11.6 Å². The van der Waals surface area contributed by atoms with Crippen LogP contribution in [0.1, 0.15) is 39.7 Å². The number of carbonyl (C=O) groups excluding carboxylic acids is 3. The van der Waals surface area contributed by atoms with E-state index in [-0.39, 0.29) is 49.1 Å². The minimum Gasteiger partial charge on any atom is -0.481 e. The zero-order valence-corrected chi connectivity index (χ0v) is 27.8. The van der Waals surface area contributed by atoms with Gasteiger partial charge in [-0.05, 0) is 82.0 Å². The van der Waals surface area contributed by atoms with Crippen molar-refractivity contribution in [2.45, 2.75) is 46.6 Å². The van der Waals surface area contributed by atoms with E-state index in [1.165, 1.54) is 38.1 Å². The smallest absolute Gasteiger partial charge is 0.354 e. The Morgan fingerprint density at radius 1 is 0.958 bits per heavy atom. The van der Waals surface area contributed by atoms with Crippen molar-refractivity contribution in [2.24, 2.45) is 15.4 Å². The van der Waals surface area contributed by atoms with Gasteiger partial charge in [0, 0.05) is 34.4 Å². The predicted molar refractivity (Wildman–Crippen MR) is 179 cm³/mol. The summed E-state index contributed by atoms with van der Waals surface area (Å²) >= 11 is 6.02. The van der Waals surface area contributed by atoms with Crippen LogP contribution in [0.2, 0.25) is 5.02 Å². The summed E-state index contributed by atoms with van der Waals surface area (Å²) in [5, 5.41) is 21.7. The molecule has 1 amide bonds. The Balaban J connectivity index is 0.000000480. The number of benzene rings is 2. The SMILES string of the molecule is CC(=O)C1=CC(C(=O)O)=NC1.CCOC[C@](C)(C[C@@H](Cc1ccc(-c2cc(Cl)ccc2F)cc1)NC(=O)C1=NCC(C(C)=O)=C1)C(=O)O. The van der Waals surface area contributed by atoms with Gasteiger partial charge in [-0.3, -0.25) is 29.2 Å². The molecule has 0 radical (unpaired) electrons. The molecule has 0 bridgehead atoms. The molecule has 2 aromatic rings. The molecular weight excluding hydrogens is 645 g/mol. The Hall–Kier alpha value is -4.81. The molecule has 4 rings (SSSR count). The van der Waals surface area contributed by atoms with Gasteiger partial charge in [0.15, 0.2) is 11.6 Å². The van der Waals surface area contributed by atoms with Crippen LogP contribution in [0, 0.1) is 11.2 Å². The van der Waals surface area contributed by atoms with E-state index in [9.17, 15) is 33.5 Å². The van der Waals surface area contributed by atoms with Crippen molar-refractivity contribution >= 4 is 52.4 Å². The van der Waals surface area contributed by atoms with Crippen LogP contribution in [0.15, 0.2) is 75.7 Å². The average molecular weight is 682 g/mol. The Kier molecular flexibility index (Phi) is 13.2. The number of amides is 1. The molecule has 0 spiro atoms. The summed E-state index contributed by atoms with van der Waals surface area (Å²) in [6, 6.07) is 10.9. The third kappa shape index (κ3) is 10.3. The van der Waals surface area contributed by atoms with Gasteiger partial charge in [-0.2, -0.15) is 0 Å². The normalized spacial score (nSPS) is 15.5. The molecule has 2 aliphatic rings. The first-order valence-electron chi connectivity index (χ1n) is 15.0. The number of aliphatic imine (C=N–C) groups is 2. The summed E-state index contributed by atoms with van der Waals surface area (Å²) in [6.07, 6.45) is 3.18. The van der Waals surface area contributed by atoms with Gasteiger partial charge < -0.3 is 20.3 Å². The van der Waals surface area contributed by atoms with E-state index in [1.54, 1.807) is 44.2 Å². The van der Waals surface area contributed by atoms with Gasteiger partial charge in [0.2, 0.25) is 0 Å². The third-order valence-corrected chi connectivity index (χ3v) is 7.90. The molecular formula is C35H37ClFN3O8. The molecule has 2 aromatic carbocycles. The standard InChI is InChI=1S/C28H30ClFN2O5.C7H7NO3/c1-4-37-16-28(3,27(35)36)14-22(32-26(34)25-12-20(15-31-25)17(2)33)11-18-5-7-19(8-6-18)23-13-21(29)9-10-24(23)30;1-4(9)5-2-6(7(10)11)8-3-5/h5-10,12-13,22H,4,11,14-16H2,1-3H3,(H,32,34)(H,35,36);2H,3H2,1H3,(H,10,11)/t22-,28+;/m1./s1. The van der Waals surface area contributed by atoms with Crippen molar-refractivity contribution in [2.75, 3.05) is 26.3 Å². The Bertz CT molecular complexity index is 1710. The fourth-order valence-corrected chi connectivity index (χ4v) is 5.05. The van der Waals surface area contributed by atoms with E-state index in [1.807, 2.05) is 0 Å². The molecule has 0 aromatic heterocycles. The fourth-order valence-electron chi connectivity index (χ4n) is 4.88. The number of ether oxygens (including phenoxy) is 1. The van der Waals surface area contributed by atoms with Gasteiger partial charge in [0.05, 0.1) is 25.1 Å². The van der Waals surface area contributed by atoms with Crippen molar-refractivity contribution in [1.82, 2.24) is 5.32 Å². The number of carboxylic acids is 2. The molecule has 0 aliphatic carbocycles. The highest BCUT2D eigenvalue weighted by Crippen LogP contribution is 2.29. The van der Waals surface area contributed by atoms with Crippen LogP contribution in [0.3, 0.4) is 0 Å². The number of halogens is 2. The number of aliphatic carboxylic acids is 2. The summed E-state index contributed by atoms with van der Waals surface area (Å²) in [6.45, 7) is 6.85. The molecule has 0 unspecified atom stereocenters. The minimum atomic E-state index is -1.25. The van der Waals surface area contributed by atoms with Gasteiger partial charge in [0.1, 0.15) is 17.2 Å². The number of nitrogens with zero attached hydrogens (tertiary/aromatic N) is 2. The monoisotopic (exact) mass is 681 g/mol. The highest BCUT2D eigenvalue weighted by molar-refractivity contribution is 6.45. The van der Waals surface area contributed by atoms with Crippen molar-refractivity contribution < 1.29 is 43.3 Å². The second kappa shape index (κ2) is 16.8. The predicted octanol–water partition coefficient (Wildman–Crippen LogP) is 4.70. The van der Waals surface area contributed by atoms with Crippen LogP contribution in [0.5, 0.6) is 0 Å². The van der Waals surface area contributed by atoms with E-state index in [0.29, 0.717) is 40.3 Å². The zero-order valence-electron chi connectivity index (χ0n) is 27.0. The lowest BCUT2D eigenvalue weighted by molar-refractivity contribution is -0.152. The molecule has 0 fully saturated rings. The van der Waals surface area contributed by atoms with Crippen LogP contribution in [0.25, 0.3) is 11.1 Å². The number of carboxylic acid groups (broad SMARTS) is 2. The highest BCUT2D eigenvalue weighted by atomic mass is 35.5. The van der Waals surface area contributed by atoms with E-state index < -0.39 is 35.1 Å². The maximum Gasteiger partial charge on any atom is 0.354 e. The molecule has 11 nitrogen and oxygen atoms in total.